The molecule has 0 fully saturated rings. The van der Waals surface area contributed by atoms with Crippen molar-refractivity contribution in [2.24, 2.45) is 0 Å². The van der Waals surface area contributed by atoms with Gasteiger partial charge in [0.2, 0.25) is 6.79 Å². The fourth-order valence-corrected chi connectivity index (χ4v) is 3.49. The molecule has 1 amide bonds. The van der Waals surface area contributed by atoms with Crippen molar-refractivity contribution in [3.05, 3.63) is 63.9 Å². The fraction of sp³-hybridized carbons (Fsp3) is 0.333. The van der Waals surface area contributed by atoms with Crippen molar-refractivity contribution >= 4 is 16.8 Å². The number of rotatable bonds is 9. The van der Waals surface area contributed by atoms with E-state index < -0.39 is 17.6 Å². The minimum atomic E-state index is -0.593. The number of carbonyl (C=O) groups is 1. The van der Waals surface area contributed by atoms with Gasteiger partial charge in [-0.05, 0) is 42.3 Å². The Balaban J connectivity index is 1.60. The van der Waals surface area contributed by atoms with Gasteiger partial charge >= 0.3 is 0 Å². The van der Waals surface area contributed by atoms with Gasteiger partial charge < -0.3 is 29.5 Å². The second-order valence-electron chi connectivity index (χ2n) is 7.64. The smallest absolute Gasteiger partial charge is 0.296 e. The van der Waals surface area contributed by atoms with E-state index in [4.69, 9.17) is 19.0 Å². The summed E-state index contributed by atoms with van der Waals surface area (Å²) in [4.78, 5) is 31.8. The summed E-state index contributed by atoms with van der Waals surface area (Å²) in [6, 6.07) is 12.1. The quantitative estimate of drug-likeness (QED) is 0.511. The number of aliphatic hydroxyl groups excluding tert-OH is 1. The third-order valence-corrected chi connectivity index (χ3v) is 5.45. The first kappa shape index (κ1) is 22.5. The van der Waals surface area contributed by atoms with Crippen molar-refractivity contribution in [3.8, 4) is 17.2 Å². The molecule has 0 bridgehead atoms. The van der Waals surface area contributed by atoms with E-state index in [0.29, 0.717) is 41.0 Å². The van der Waals surface area contributed by atoms with Crippen LogP contribution in [0.3, 0.4) is 0 Å². The van der Waals surface area contributed by atoms with E-state index in [1.807, 2.05) is 13.0 Å². The fourth-order valence-electron chi connectivity index (χ4n) is 3.49. The van der Waals surface area contributed by atoms with Gasteiger partial charge in [0.25, 0.3) is 11.5 Å². The molecule has 0 spiro atoms. The number of hydrogen-bond donors (Lipinski definition) is 2. The number of aliphatic hydroxyl groups is 1. The molecule has 1 aromatic heterocycles. The summed E-state index contributed by atoms with van der Waals surface area (Å²) in [6.07, 6.45) is 0.402. The van der Waals surface area contributed by atoms with Crippen LogP contribution in [0.1, 0.15) is 35.7 Å². The summed E-state index contributed by atoms with van der Waals surface area (Å²) < 4.78 is 17.0. The number of benzene rings is 2. The minimum absolute atomic E-state index is 0.0514. The van der Waals surface area contributed by atoms with E-state index in [2.05, 4.69) is 5.32 Å². The van der Waals surface area contributed by atoms with Crippen LogP contribution < -0.4 is 29.9 Å². The highest BCUT2D eigenvalue weighted by Gasteiger charge is 2.18. The third kappa shape index (κ3) is 4.88. The zero-order chi connectivity index (χ0) is 23.4. The molecule has 1 atom stereocenters. The average Bonchev–Trinajstić information content (AvgIpc) is 3.31. The molecule has 9 nitrogen and oxygen atoms in total. The van der Waals surface area contributed by atoms with Gasteiger partial charge in [-0.2, -0.15) is 0 Å². The molecule has 0 saturated heterocycles. The molecule has 2 aromatic carbocycles. The number of carbonyl (C=O) groups excluding carboxylic acids is 1. The van der Waals surface area contributed by atoms with Gasteiger partial charge in [-0.15, -0.1) is 4.73 Å². The third-order valence-electron chi connectivity index (χ3n) is 5.45. The Morgan fingerprint density at radius 3 is 2.79 bits per heavy atom. The topological polar surface area (TPSA) is 108 Å². The molecular weight excluding hydrogens is 428 g/mol. The number of methoxy groups -OCH3 is 1. The molecular formula is C24H26N2O7. The molecule has 1 aliphatic rings. The second kappa shape index (κ2) is 9.83. The van der Waals surface area contributed by atoms with Crippen LogP contribution in [0.5, 0.6) is 17.2 Å². The van der Waals surface area contributed by atoms with Crippen LogP contribution in [-0.2, 0) is 6.54 Å². The molecule has 2 heterocycles. The standard InChI is InChI=1S/C24H26N2O7/c1-3-17(27)8-9-33-26-20-12-18(30-2)6-5-16(20)11-19(24(26)29)23(28)25-13-15-4-7-21-22(10-15)32-14-31-21/h4-7,10-12,17,27H,3,8-9,13-14H2,1-2H3,(H,25,28). The van der Waals surface area contributed by atoms with Crippen molar-refractivity contribution in [1.82, 2.24) is 10.0 Å². The molecule has 0 radical (unpaired) electrons. The Morgan fingerprint density at radius 2 is 2.00 bits per heavy atom. The number of nitrogens with zero attached hydrogens (tertiary/aromatic N) is 1. The zero-order valence-electron chi connectivity index (χ0n) is 18.5. The van der Waals surface area contributed by atoms with Gasteiger partial charge in [0.1, 0.15) is 17.9 Å². The maximum Gasteiger partial charge on any atom is 0.296 e. The summed E-state index contributed by atoms with van der Waals surface area (Å²) in [7, 11) is 1.53. The molecule has 0 saturated carbocycles. The van der Waals surface area contributed by atoms with Crippen molar-refractivity contribution in [2.75, 3.05) is 20.5 Å². The maximum absolute atomic E-state index is 13.2. The van der Waals surface area contributed by atoms with Crippen LogP contribution in [-0.4, -0.2) is 42.4 Å². The molecule has 1 aliphatic heterocycles. The van der Waals surface area contributed by atoms with Gasteiger partial charge in [0.05, 0.1) is 18.7 Å². The number of fused-ring (bicyclic) bond motifs is 2. The van der Waals surface area contributed by atoms with Gasteiger partial charge in [-0.25, -0.2) is 0 Å². The minimum Gasteiger partial charge on any atom is -0.497 e. The summed E-state index contributed by atoms with van der Waals surface area (Å²) in [5.74, 6) is 1.30. The molecule has 174 valence electrons. The van der Waals surface area contributed by atoms with Crippen LogP contribution in [0, 0.1) is 0 Å². The summed E-state index contributed by atoms with van der Waals surface area (Å²) in [5.41, 5.74) is 0.635. The monoisotopic (exact) mass is 454 g/mol. The van der Waals surface area contributed by atoms with Crippen LogP contribution >= 0.6 is 0 Å². The number of ether oxygens (including phenoxy) is 3. The highest BCUT2D eigenvalue weighted by Crippen LogP contribution is 2.32. The first-order valence-electron chi connectivity index (χ1n) is 10.7. The predicted octanol–water partition coefficient (Wildman–Crippen LogP) is 2.26. The largest absolute Gasteiger partial charge is 0.497 e. The molecule has 2 N–H and O–H groups in total. The Bertz CT molecular complexity index is 1220. The SMILES string of the molecule is CCC(O)CCOn1c(=O)c(C(=O)NCc2ccc3c(c2)OCO3)cc2ccc(OC)cc21. The second-order valence-corrected chi connectivity index (χ2v) is 7.64. The van der Waals surface area contributed by atoms with E-state index in [1.54, 1.807) is 30.3 Å². The predicted molar refractivity (Wildman–Crippen MR) is 121 cm³/mol. The lowest BCUT2D eigenvalue weighted by Crippen LogP contribution is -2.36. The van der Waals surface area contributed by atoms with Crippen molar-refractivity contribution in [3.63, 3.8) is 0 Å². The van der Waals surface area contributed by atoms with Gasteiger partial charge in [-0.3, -0.25) is 9.59 Å². The number of hydrogen-bond acceptors (Lipinski definition) is 7. The molecule has 9 heteroatoms. The van der Waals surface area contributed by atoms with E-state index >= 15 is 0 Å². The summed E-state index contributed by atoms with van der Waals surface area (Å²) in [5, 5.41) is 13.2. The summed E-state index contributed by atoms with van der Waals surface area (Å²) in [6.45, 7) is 2.35. The van der Waals surface area contributed by atoms with E-state index in [0.717, 1.165) is 10.3 Å². The molecule has 0 aliphatic carbocycles. The number of pyridine rings is 1. The lowest BCUT2D eigenvalue weighted by atomic mass is 10.1. The lowest BCUT2D eigenvalue weighted by molar-refractivity contribution is 0.0678. The molecule has 3 aromatic rings. The van der Waals surface area contributed by atoms with Crippen LogP contribution in [0.25, 0.3) is 10.9 Å². The van der Waals surface area contributed by atoms with Gasteiger partial charge in [-0.1, -0.05) is 13.0 Å². The molecule has 33 heavy (non-hydrogen) atoms. The maximum atomic E-state index is 13.2. The summed E-state index contributed by atoms with van der Waals surface area (Å²) >= 11 is 0. The van der Waals surface area contributed by atoms with Gasteiger partial charge in [0.15, 0.2) is 11.5 Å². The van der Waals surface area contributed by atoms with Crippen molar-refractivity contribution < 1.29 is 28.9 Å². The molecule has 1 unspecified atom stereocenters. The Hall–Kier alpha value is -3.72. The normalized spacial score (nSPS) is 13.1. The Labute approximate surface area is 190 Å². The van der Waals surface area contributed by atoms with Gasteiger partial charge in [0, 0.05) is 24.4 Å². The van der Waals surface area contributed by atoms with Crippen molar-refractivity contribution in [1.29, 1.82) is 0 Å². The first-order chi connectivity index (χ1) is 16.0. The molecule has 4 rings (SSSR count). The van der Waals surface area contributed by atoms with Crippen LogP contribution in [0.4, 0.5) is 0 Å². The van der Waals surface area contributed by atoms with Crippen LogP contribution in [0.2, 0.25) is 0 Å². The van der Waals surface area contributed by atoms with Crippen LogP contribution in [0.15, 0.2) is 47.3 Å². The van der Waals surface area contributed by atoms with E-state index in [-0.39, 0.29) is 25.5 Å². The van der Waals surface area contributed by atoms with E-state index in [1.165, 1.54) is 13.2 Å². The highest BCUT2D eigenvalue weighted by atomic mass is 16.7. The zero-order valence-corrected chi connectivity index (χ0v) is 18.5. The Kier molecular flexibility index (Phi) is 6.69. The number of amides is 1. The first-order valence-corrected chi connectivity index (χ1v) is 10.7. The van der Waals surface area contributed by atoms with Crippen molar-refractivity contribution in [2.45, 2.75) is 32.4 Å². The number of nitrogens with one attached hydrogen (secondary N) is 1. The Morgan fingerprint density at radius 1 is 1.18 bits per heavy atom. The highest BCUT2D eigenvalue weighted by molar-refractivity contribution is 5.97. The lowest BCUT2D eigenvalue weighted by Gasteiger charge is -2.15. The van der Waals surface area contributed by atoms with E-state index in [9.17, 15) is 14.7 Å². The average molecular weight is 454 g/mol. The number of aromatic nitrogens is 1.